The molecule has 1 aliphatic rings. The minimum atomic E-state index is -1.20. The Kier molecular flexibility index (Phi) is 9.31. The van der Waals surface area contributed by atoms with E-state index in [0.717, 1.165) is 34.7 Å². The van der Waals surface area contributed by atoms with E-state index in [9.17, 15) is 9.59 Å². The van der Waals surface area contributed by atoms with Gasteiger partial charge >= 0.3 is 6.09 Å². The van der Waals surface area contributed by atoms with E-state index in [4.69, 9.17) is 18.9 Å². The highest BCUT2D eigenvalue weighted by molar-refractivity contribution is 6.76. The number of nitrogens with zero attached hydrogens (tertiary/aromatic N) is 4. The summed E-state index contributed by atoms with van der Waals surface area (Å²) in [7, 11) is -1.20. The highest BCUT2D eigenvalue weighted by atomic mass is 28.3. The van der Waals surface area contributed by atoms with E-state index in [-0.39, 0.29) is 36.1 Å². The van der Waals surface area contributed by atoms with Crippen LogP contribution in [0.4, 0.5) is 10.5 Å². The topological polar surface area (TPSA) is 112 Å². The summed E-state index contributed by atoms with van der Waals surface area (Å²) in [6.45, 7) is 13.0. The zero-order chi connectivity index (χ0) is 30.6. The summed E-state index contributed by atoms with van der Waals surface area (Å²) in [6.07, 6.45) is 5.58. The fraction of sp³-hybridized carbons (Fsp3) is 0.438. The molecule has 0 saturated carbocycles. The number of nitrogens with one attached hydrogen (secondary N) is 1. The molecule has 1 saturated heterocycles. The van der Waals surface area contributed by atoms with Gasteiger partial charge in [-0.25, -0.2) is 14.8 Å². The Balaban J connectivity index is 1.39. The summed E-state index contributed by atoms with van der Waals surface area (Å²) in [5.41, 5.74) is 3.41. The molecular weight excluding hydrogens is 562 g/mol. The Hall–Kier alpha value is -3.96. The van der Waals surface area contributed by atoms with Gasteiger partial charge in [-0.3, -0.25) is 4.79 Å². The minimum absolute atomic E-state index is 0.0593. The third-order valence-corrected chi connectivity index (χ3v) is 9.29. The molecule has 43 heavy (non-hydrogen) atoms. The maximum Gasteiger partial charge on any atom is 0.410 e. The molecular formula is C32H41N5O5Si. The molecule has 4 heterocycles. The van der Waals surface area contributed by atoms with Crippen LogP contribution in [0.25, 0.3) is 22.5 Å². The molecule has 4 aromatic rings. The van der Waals surface area contributed by atoms with Crippen molar-refractivity contribution >= 4 is 36.7 Å². The van der Waals surface area contributed by atoms with Crippen molar-refractivity contribution in [3.63, 3.8) is 0 Å². The molecule has 3 aromatic heterocycles. The predicted molar refractivity (Wildman–Crippen MR) is 169 cm³/mol. The van der Waals surface area contributed by atoms with E-state index in [0.29, 0.717) is 37.9 Å². The average Bonchev–Trinajstić information content (AvgIpc) is 3.62. The number of hydrogen-bond donors (Lipinski definition) is 1. The quantitative estimate of drug-likeness (QED) is 0.115. The molecule has 1 aliphatic heterocycles. The van der Waals surface area contributed by atoms with Crippen LogP contribution in [0.2, 0.25) is 25.7 Å². The predicted octanol–water partition coefficient (Wildman–Crippen LogP) is 6.67. The van der Waals surface area contributed by atoms with Crippen LogP contribution in [0.3, 0.4) is 0 Å². The molecule has 1 amide bonds. The number of pyridine rings is 1. The smallest absolute Gasteiger partial charge is 0.410 e. The maximum absolute atomic E-state index is 13.1. The minimum Gasteiger partial charge on any atom is -0.445 e. The number of anilines is 1. The lowest BCUT2D eigenvalue weighted by atomic mass is 9.95. The van der Waals surface area contributed by atoms with Crippen molar-refractivity contribution in [3.05, 3.63) is 66.3 Å². The van der Waals surface area contributed by atoms with E-state index in [1.165, 1.54) is 13.2 Å². The number of fused-ring (bicyclic) bond motifs is 1. The van der Waals surface area contributed by atoms with Crippen LogP contribution in [0.15, 0.2) is 59.5 Å². The highest BCUT2D eigenvalue weighted by Gasteiger charge is 2.30. The monoisotopic (exact) mass is 603 g/mol. The van der Waals surface area contributed by atoms with Crippen LogP contribution in [0.5, 0.6) is 0 Å². The van der Waals surface area contributed by atoms with Crippen LogP contribution < -0.4 is 5.32 Å². The Morgan fingerprint density at radius 3 is 2.65 bits per heavy atom. The zero-order valence-corrected chi connectivity index (χ0v) is 26.6. The number of ketones is 1. The summed E-state index contributed by atoms with van der Waals surface area (Å²) in [5, 5.41) is 4.58. The number of Topliss-reactive ketones (excluding diaryl/α,β-unsaturated/α-hetero) is 1. The first-order chi connectivity index (χ1) is 20.6. The number of carbonyl (C=O) groups excluding carboxylic acids is 2. The average molecular weight is 604 g/mol. The molecule has 0 aliphatic carbocycles. The van der Waals surface area contributed by atoms with Gasteiger partial charge in [-0.2, -0.15) is 0 Å². The number of hydrogen-bond acceptors (Lipinski definition) is 8. The number of piperidine rings is 1. The lowest BCUT2D eigenvalue weighted by molar-refractivity contribution is 0.0783. The Morgan fingerprint density at radius 1 is 1.14 bits per heavy atom. The van der Waals surface area contributed by atoms with Crippen molar-refractivity contribution in [1.82, 2.24) is 19.4 Å². The van der Waals surface area contributed by atoms with Crippen molar-refractivity contribution in [2.24, 2.45) is 5.92 Å². The van der Waals surface area contributed by atoms with Gasteiger partial charge in [0, 0.05) is 58.5 Å². The number of likely N-dealkylation sites (tertiary alicyclic amines) is 1. The number of rotatable bonds is 11. The first kappa shape index (κ1) is 30.5. The van der Waals surface area contributed by atoms with E-state index in [1.807, 2.05) is 47.2 Å². The standard InChI is InChI=1S/C32H41N5O5Si/c1-22-15-25(18-37(17-22)32(39)42-19-24-9-7-6-8-10-24)34-29-26-11-12-36(21-40-13-14-43(3,4)5)30(26)33-16-27(29)31-35-28(20-41-31)23(2)38/h6-12,16,20,22,25H,13-15,17-19,21H2,1-5H3,(H,33,34)/t22-,25+/m0/s1. The van der Waals surface area contributed by atoms with E-state index >= 15 is 0 Å². The number of oxazole rings is 1. The van der Waals surface area contributed by atoms with Gasteiger partial charge in [0.25, 0.3) is 0 Å². The Bertz CT molecular complexity index is 1560. The molecule has 11 heteroatoms. The van der Waals surface area contributed by atoms with Gasteiger partial charge in [-0.05, 0) is 30.0 Å². The zero-order valence-electron chi connectivity index (χ0n) is 25.6. The molecule has 0 bridgehead atoms. The van der Waals surface area contributed by atoms with Gasteiger partial charge in [0.15, 0.2) is 5.78 Å². The number of amides is 1. The maximum atomic E-state index is 13.1. The number of carbonyl (C=O) groups is 2. The van der Waals surface area contributed by atoms with Gasteiger partial charge in [-0.1, -0.05) is 56.9 Å². The van der Waals surface area contributed by atoms with E-state index < -0.39 is 8.07 Å². The second-order valence-corrected chi connectivity index (χ2v) is 18.3. The van der Waals surface area contributed by atoms with Gasteiger partial charge in [0.1, 0.15) is 30.9 Å². The SMILES string of the molecule is CC(=O)c1coc(-c2cnc3c(ccn3COCC[Si](C)(C)C)c2N[C@@H]2C[C@H](C)CN(C(=O)OCc3ccccc3)C2)n1. The van der Waals surface area contributed by atoms with Gasteiger partial charge in [-0.15, -0.1) is 0 Å². The van der Waals surface area contributed by atoms with Gasteiger partial charge < -0.3 is 28.7 Å². The molecule has 1 fully saturated rings. The fourth-order valence-electron chi connectivity index (χ4n) is 5.28. The van der Waals surface area contributed by atoms with Gasteiger partial charge in [0.2, 0.25) is 5.89 Å². The summed E-state index contributed by atoms with van der Waals surface area (Å²) in [6, 6.07) is 12.7. The van der Waals surface area contributed by atoms with Crippen LogP contribution >= 0.6 is 0 Å². The van der Waals surface area contributed by atoms with Crippen LogP contribution in [-0.2, 0) is 22.8 Å². The largest absolute Gasteiger partial charge is 0.445 e. The normalized spacial score (nSPS) is 17.3. The number of ether oxygens (including phenoxy) is 2. The lowest BCUT2D eigenvalue weighted by Gasteiger charge is -2.36. The molecule has 2 atom stereocenters. The van der Waals surface area contributed by atoms with Crippen molar-refractivity contribution in [3.8, 4) is 11.5 Å². The lowest BCUT2D eigenvalue weighted by Crippen LogP contribution is -2.48. The summed E-state index contributed by atoms with van der Waals surface area (Å²) in [5.74, 6) is 0.391. The number of benzene rings is 1. The third kappa shape index (κ3) is 7.71. The van der Waals surface area contributed by atoms with Crippen molar-refractivity contribution in [1.29, 1.82) is 0 Å². The molecule has 1 aromatic carbocycles. The molecule has 0 spiro atoms. The molecule has 1 N–H and O–H groups in total. The van der Waals surface area contributed by atoms with Crippen molar-refractivity contribution in [2.45, 2.75) is 65.3 Å². The summed E-state index contributed by atoms with van der Waals surface area (Å²) >= 11 is 0. The molecule has 5 rings (SSSR count). The second kappa shape index (κ2) is 13.1. The van der Waals surface area contributed by atoms with Crippen LogP contribution in [-0.4, -0.2) is 65.1 Å². The molecule has 0 unspecified atom stereocenters. The van der Waals surface area contributed by atoms with E-state index in [1.54, 1.807) is 11.1 Å². The summed E-state index contributed by atoms with van der Waals surface area (Å²) in [4.78, 5) is 36.0. The van der Waals surface area contributed by atoms with Gasteiger partial charge in [0.05, 0.1) is 11.3 Å². The Morgan fingerprint density at radius 2 is 1.93 bits per heavy atom. The van der Waals surface area contributed by atoms with Crippen LogP contribution in [0.1, 0.15) is 36.3 Å². The second-order valence-electron chi connectivity index (χ2n) is 12.6. The molecule has 0 radical (unpaired) electrons. The first-order valence-corrected chi connectivity index (χ1v) is 18.5. The molecule has 10 nitrogen and oxygen atoms in total. The highest BCUT2D eigenvalue weighted by Crippen LogP contribution is 2.36. The number of aromatic nitrogens is 3. The first-order valence-electron chi connectivity index (χ1n) is 14.8. The van der Waals surface area contributed by atoms with Crippen molar-refractivity contribution < 1.29 is 23.5 Å². The fourth-order valence-corrected chi connectivity index (χ4v) is 6.04. The molecule has 228 valence electrons. The Labute approximate surface area is 253 Å². The van der Waals surface area contributed by atoms with Crippen molar-refractivity contribution in [2.75, 3.05) is 25.0 Å². The van der Waals surface area contributed by atoms with E-state index in [2.05, 4.69) is 36.9 Å². The third-order valence-electron chi connectivity index (χ3n) is 7.58. The summed E-state index contributed by atoms with van der Waals surface area (Å²) < 4.78 is 19.4. The van der Waals surface area contributed by atoms with Crippen LogP contribution in [0, 0.1) is 5.92 Å².